The minimum atomic E-state index is -0.805. The molecule has 0 aromatic heterocycles. The Bertz CT molecular complexity index is 710. The number of hydrogen-bond acceptors (Lipinski definition) is 2. The monoisotopic (exact) mass is 300 g/mol. The molecular formula is C18H17ClO2. The molecular weight excluding hydrogens is 284 g/mol. The zero-order valence-corrected chi connectivity index (χ0v) is 12.5. The summed E-state index contributed by atoms with van der Waals surface area (Å²) < 4.78 is 5.76. The lowest BCUT2D eigenvalue weighted by Crippen LogP contribution is -2.25. The van der Waals surface area contributed by atoms with Crippen LogP contribution in [-0.2, 0) is 24.9 Å². The van der Waals surface area contributed by atoms with Crippen molar-refractivity contribution < 1.29 is 9.84 Å². The first kappa shape index (κ1) is 13.2. The van der Waals surface area contributed by atoms with Crippen molar-refractivity contribution in [1.29, 1.82) is 0 Å². The first-order valence-corrected chi connectivity index (χ1v) is 7.78. The van der Waals surface area contributed by atoms with Crippen LogP contribution in [-0.4, -0.2) is 11.7 Å². The van der Waals surface area contributed by atoms with Crippen LogP contribution < -0.4 is 4.74 Å². The molecule has 0 bridgehead atoms. The van der Waals surface area contributed by atoms with Crippen LogP contribution in [0.1, 0.15) is 28.7 Å². The number of halogens is 1. The molecule has 3 heteroatoms. The minimum absolute atomic E-state index is 0.562. The van der Waals surface area contributed by atoms with E-state index in [-0.39, 0.29) is 0 Å². The molecule has 0 amide bonds. The minimum Gasteiger partial charge on any atom is -0.493 e. The summed E-state index contributed by atoms with van der Waals surface area (Å²) in [5.74, 6) is 0.928. The summed E-state index contributed by atoms with van der Waals surface area (Å²) in [5, 5.41) is 11.8. The Kier molecular flexibility index (Phi) is 2.98. The van der Waals surface area contributed by atoms with Gasteiger partial charge in [-0.1, -0.05) is 35.9 Å². The van der Waals surface area contributed by atoms with Crippen LogP contribution in [0.2, 0.25) is 5.02 Å². The van der Waals surface area contributed by atoms with E-state index in [1.807, 2.05) is 30.3 Å². The molecule has 1 heterocycles. The van der Waals surface area contributed by atoms with Crippen LogP contribution in [0.15, 0.2) is 36.4 Å². The van der Waals surface area contributed by atoms with Crippen LogP contribution >= 0.6 is 11.6 Å². The third-order valence-corrected chi connectivity index (χ3v) is 4.85. The SMILES string of the molecule is OC1(Cc2cc(Cl)cc3c2OCC3)CCc2ccccc21. The molecule has 0 radical (unpaired) electrons. The first-order valence-electron chi connectivity index (χ1n) is 7.41. The highest BCUT2D eigenvalue weighted by molar-refractivity contribution is 6.30. The highest BCUT2D eigenvalue weighted by Crippen LogP contribution is 2.42. The molecule has 0 fully saturated rings. The number of hydrogen-bond donors (Lipinski definition) is 1. The molecule has 0 spiro atoms. The summed E-state index contributed by atoms with van der Waals surface area (Å²) >= 11 is 6.22. The van der Waals surface area contributed by atoms with Crippen LogP contribution in [0.4, 0.5) is 0 Å². The lowest BCUT2D eigenvalue weighted by molar-refractivity contribution is 0.0384. The predicted octanol–water partition coefficient (Wildman–Crippen LogP) is 3.65. The molecule has 2 aliphatic rings. The van der Waals surface area contributed by atoms with Crippen LogP contribution in [0.3, 0.4) is 0 Å². The third kappa shape index (κ3) is 2.14. The van der Waals surface area contributed by atoms with E-state index in [1.54, 1.807) is 0 Å². The van der Waals surface area contributed by atoms with Gasteiger partial charge in [0.25, 0.3) is 0 Å². The fourth-order valence-corrected chi connectivity index (χ4v) is 3.91. The fourth-order valence-electron chi connectivity index (χ4n) is 3.64. The highest BCUT2D eigenvalue weighted by atomic mass is 35.5. The van der Waals surface area contributed by atoms with Crippen molar-refractivity contribution in [2.75, 3.05) is 6.61 Å². The van der Waals surface area contributed by atoms with Crippen molar-refractivity contribution in [1.82, 2.24) is 0 Å². The molecule has 0 saturated carbocycles. The summed E-state index contributed by atoms with van der Waals surface area (Å²) in [6.07, 6.45) is 3.15. The average molecular weight is 301 g/mol. The first-order chi connectivity index (χ1) is 10.2. The van der Waals surface area contributed by atoms with Crippen LogP contribution in [0, 0.1) is 0 Å². The van der Waals surface area contributed by atoms with Gasteiger partial charge < -0.3 is 9.84 Å². The Labute approximate surface area is 129 Å². The largest absolute Gasteiger partial charge is 0.493 e. The topological polar surface area (TPSA) is 29.5 Å². The van der Waals surface area contributed by atoms with Crippen molar-refractivity contribution in [3.8, 4) is 5.75 Å². The van der Waals surface area contributed by atoms with Gasteiger partial charge in [-0.15, -0.1) is 0 Å². The molecule has 21 heavy (non-hydrogen) atoms. The zero-order chi connectivity index (χ0) is 14.4. The molecule has 1 N–H and O–H groups in total. The number of benzene rings is 2. The van der Waals surface area contributed by atoms with Crippen molar-refractivity contribution in [2.45, 2.75) is 31.3 Å². The maximum atomic E-state index is 11.1. The van der Waals surface area contributed by atoms with Gasteiger partial charge in [0.1, 0.15) is 5.75 Å². The molecule has 2 aromatic carbocycles. The van der Waals surface area contributed by atoms with E-state index in [2.05, 4.69) is 6.07 Å². The molecule has 2 nitrogen and oxygen atoms in total. The number of rotatable bonds is 2. The highest BCUT2D eigenvalue weighted by Gasteiger charge is 2.37. The van der Waals surface area contributed by atoms with Crippen LogP contribution in [0.5, 0.6) is 5.75 Å². The molecule has 1 unspecified atom stereocenters. The van der Waals surface area contributed by atoms with Gasteiger partial charge in [-0.3, -0.25) is 0 Å². The van der Waals surface area contributed by atoms with Crippen molar-refractivity contribution >= 4 is 11.6 Å². The number of fused-ring (bicyclic) bond motifs is 2. The number of aliphatic hydroxyl groups is 1. The van der Waals surface area contributed by atoms with E-state index < -0.39 is 5.60 Å². The summed E-state index contributed by atoms with van der Waals surface area (Å²) in [6, 6.07) is 12.1. The summed E-state index contributed by atoms with van der Waals surface area (Å²) in [5.41, 5.74) is 3.68. The van der Waals surface area contributed by atoms with E-state index in [0.717, 1.165) is 46.7 Å². The molecule has 2 aromatic rings. The second-order valence-electron chi connectivity index (χ2n) is 6.02. The number of ether oxygens (including phenoxy) is 1. The van der Waals surface area contributed by atoms with Gasteiger partial charge in [-0.05, 0) is 47.2 Å². The van der Waals surface area contributed by atoms with Gasteiger partial charge in [0.05, 0.1) is 12.2 Å². The van der Waals surface area contributed by atoms with E-state index in [0.29, 0.717) is 13.0 Å². The van der Waals surface area contributed by atoms with Crippen molar-refractivity contribution in [3.63, 3.8) is 0 Å². The Hall–Kier alpha value is -1.51. The van der Waals surface area contributed by atoms with E-state index >= 15 is 0 Å². The lowest BCUT2D eigenvalue weighted by atomic mass is 9.88. The maximum absolute atomic E-state index is 11.1. The summed E-state index contributed by atoms with van der Waals surface area (Å²) in [4.78, 5) is 0. The lowest BCUT2D eigenvalue weighted by Gasteiger charge is -2.25. The quantitative estimate of drug-likeness (QED) is 0.917. The number of aryl methyl sites for hydroxylation is 1. The maximum Gasteiger partial charge on any atom is 0.126 e. The Morgan fingerprint density at radius 1 is 1.14 bits per heavy atom. The average Bonchev–Trinajstić information content (AvgIpc) is 3.05. The Morgan fingerprint density at radius 3 is 2.90 bits per heavy atom. The summed E-state index contributed by atoms with van der Waals surface area (Å²) in [7, 11) is 0. The van der Waals surface area contributed by atoms with Crippen LogP contribution in [0.25, 0.3) is 0 Å². The molecule has 108 valence electrons. The van der Waals surface area contributed by atoms with E-state index in [4.69, 9.17) is 16.3 Å². The summed E-state index contributed by atoms with van der Waals surface area (Å²) in [6.45, 7) is 0.706. The van der Waals surface area contributed by atoms with Gasteiger partial charge in [-0.25, -0.2) is 0 Å². The standard InChI is InChI=1S/C18H17ClO2/c19-15-9-13-6-8-21-17(13)14(10-15)11-18(20)7-5-12-3-1-2-4-16(12)18/h1-4,9-10,20H,5-8,11H2. The smallest absolute Gasteiger partial charge is 0.126 e. The van der Waals surface area contributed by atoms with Gasteiger partial charge in [0, 0.05) is 17.9 Å². The molecule has 1 aliphatic heterocycles. The zero-order valence-electron chi connectivity index (χ0n) is 11.7. The second kappa shape index (κ2) is 4.75. The van der Waals surface area contributed by atoms with Gasteiger partial charge in [0.15, 0.2) is 0 Å². The predicted molar refractivity (Wildman–Crippen MR) is 83.0 cm³/mol. The van der Waals surface area contributed by atoms with E-state index in [1.165, 1.54) is 5.56 Å². The fraction of sp³-hybridized carbons (Fsp3) is 0.333. The molecule has 4 rings (SSSR count). The Morgan fingerprint density at radius 2 is 2.00 bits per heavy atom. The van der Waals surface area contributed by atoms with Gasteiger partial charge in [0.2, 0.25) is 0 Å². The van der Waals surface area contributed by atoms with Crippen molar-refractivity contribution in [2.24, 2.45) is 0 Å². The third-order valence-electron chi connectivity index (χ3n) is 4.63. The molecule has 1 aliphatic carbocycles. The van der Waals surface area contributed by atoms with Gasteiger partial charge in [-0.2, -0.15) is 0 Å². The van der Waals surface area contributed by atoms with Gasteiger partial charge >= 0.3 is 0 Å². The Balaban J connectivity index is 1.75. The van der Waals surface area contributed by atoms with E-state index in [9.17, 15) is 5.11 Å². The molecule has 0 saturated heterocycles. The second-order valence-corrected chi connectivity index (χ2v) is 6.45. The normalized spacial score (nSPS) is 22.8. The molecule has 1 atom stereocenters. The van der Waals surface area contributed by atoms with Crippen molar-refractivity contribution in [3.05, 3.63) is 63.7 Å².